The highest BCUT2D eigenvalue weighted by atomic mass is 16.7. The molecule has 34 heavy (non-hydrogen) atoms. The number of nitrogens with zero attached hydrogens (tertiary/aromatic N) is 2. The SMILES string of the molecule is Cc1c(Cc2ccc(O[C@H]3CCOC3)cc2)c(O[C@@H]2O[C@H](CO)[C@@H](O)[C@H](O)[C@H]2O)nn1C(C)C. The molecule has 3 heterocycles. The Bertz CT molecular complexity index is 939. The third-order valence-electron chi connectivity index (χ3n) is 6.30. The summed E-state index contributed by atoms with van der Waals surface area (Å²) < 4.78 is 24.6. The molecule has 2 aromatic rings. The monoisotopic (exact) mass is 478 g/mol. The van der Waals surface area contributed by atoms with Crippen LogP contribution in [0.3, 0.4) is 0 Å². The Balaban J connectivity index is 1.54. The van der Waals surface area contributed by atoms with Crippen molar-refractivity contribution in [3.8, 4) is 11.6 Å². The number of hydrogen-bond donors (Lipinski definition) is 4. The lowest BCUT2D eigenvalue weighted by Crippen LogP contribution is -2.60. The molecule has 2 saturated heterocycles. The first-order valence-electron chi connectivity index (χ1n) is 11.7. The predicted octanol–water partition coefficient (Wildman–Crippen LogP) is 0.710. The van der Waals surface area contributed by atoms with Crippen LogP contribution in [0.1, 0.15) is 43.1 Å². The van der Waals surface area contributed by atoms with Crippen LogP contribution >= 0.6 is 0 Å². The van der Waals surface area contributed by atoms with Gasteiger partial charge in [0, 0.05) is 30.1 Å². The topological polar surface area (TPSA) is 136 Å². The second-order valence-corrected chi connectivity index (χ2v) is 9.15. The van der Waals surface area contributed by atoms with Crippen LogP contribution in [0, 0.1) is 6.92 Å². The fraction of sp³-hybridized carbons (Fsp3) is 0.625. The molecule has 188 valence electrons. The minimum Gasteiger partial charge on any atom is -0.488 e. The molecular weight excluding hydrogens is 444 g/mol. The molecule has 0 amide bonds. The molecule has 0 spiro atoms. The minimum absolute atomic E-state index is 0.0651. The van der Waals surface area contributed by atoms with Gasteiger partial charge in [0.15, 0.2) is 0 Å². The van der Waals surface area contributed by atoms with Gasteiger partial charge in [-0.25, -0.2) is 0 Å². The van der Waals surface area contributed by atoms with E-state index in [-0.39, 0.29) is 18.0 Å². The molecule has 6 atom stereocenters. The Morgan fingerprint density at radius 3 is 2.44 bits per heavy atom. The van der Waals surface area contributed by atoms with Crippen molar-refractivity contribution in [1.82, 2.24) is 9.78 Å². The normalized spacial score (nSPS) is 29.5. The summed E-state index contributed by atoms with van der Waals surface area (Å²) in [5.74, 6) is 1.05. The van der Waals surface area contributed by atoms with Crippen molar-refractivity contribution in [2.75, 3.05) is 19.8 Å². The van der Waals surface area contributed by atoms with Gasteiger partial charge in [-0.05, 0) is 38.5 Å². The van der Waals surface area contributed by atoms with E-state index < -0.39 is 37.3 Å². The summed E-state index contributed by atoms with van der Waals surface area (Å²) >= 11 is 0. The van der Waals surface area contributed by atoms with E-state index in [1.54, 1.807) is 0 Å². The molecule has 0 aliphatic carbocycles. The number of benzene rings is 1. The van der Waals surface area contributed by atoms with Gasteiger partial charge in [0.25, 0.3) is 0 Å². The fourth-order valence-corrected chi connectivity index (χ4v) is 4.29. The first kappa shape index (κ1) is 24.9. The highest BCUT2D eigenvalue weighted by molar-refractivity contribution is 5.38. The largest absolute Gasteiger partial charge is 0.488 e. The van der Waals surface area contributed by atoms with Crippen LogP contribution in [-0.2, 0) is 15.9 Å². The zero-order valence-electron chi connectivity index (χ0n) is 19.7. The van der Waals surface area contributed by atoms with Crippen LogP contribution in [0.25, 0.3) is 0 Å². The summed E-state index contributed by atoms with van der Waals surface area (Å²) in [7, 11) is 0. The average Bonchev–Trinajstić information content (AvgIpc) is 3.44. The van der Waals surface area contributed by atoms with Crippen molar-refractivity contribution in [1.29, 1.82) is 0 Å². The number of hydrogen-bond acceptors (Lipinski definition) is 9. The number of aliphatic hydroxyl groups excluding tert-OH is 4. The number of ether oxygens (including phenoxy) is 4. The molecule has 4 N–H and O–H groups in total. The predicted molar refractivity (Wildman–Crippen MR) is 121 cm³/mol. The highest BCUT2D eigenvalue weighted by Crippen LogP contribution is 2.31. The van der Waals surface area contributed by atoms with Crippen LogP contribution < -0.4 is 9.47 Å². The third-order valence-corrected chi connectivity index (χ3v) is 6.30. The molecule has 2 aliphatic rings. The Morgan fingerprint density at radius 1 is 1.09 bits per heavy atom. The first-order valence-corrected chi connectivity index (χ1v) is 11.7. The van der Waals surface area contributed by atoms with Gasteiger partial charge >= 0.3 is 0 Å². The van der Waals surface area contributed by atoms with Crippen molar-refractivity contribution in [3.63, 3.8) is 0 Å². The van der Waals surface area contributed by atoms with Crippen molar-refractivity contribution in [2.24, 2.45) is 0 Å². The molecule has 0 unspecified atom stereocenters. The van der Waals surface area contributed by atoms with E-state index in [9.17, 15) is 20.4 Å². The second-order valence-electron chi connectivity index (χ2n) is 9.15. The lowest BCUT2D eigenvalue weighted by Gasteiger charge is -2.39. The van der Waals surface area contributed by atoms with Crippen LogP contribution in [0.2, 0.25) is 0 Å². The Hall–Kier alpha value is -2.21. The van der Waals surface area contributed by atoms with Crippen LogP contribution in [0.5, 0.6) is 11.6 Å². The van der Waals surface area contributed by atoms with E-state index in [1.165, 1.54) is 0 Å². The van der Waals surface area contributed by atoms with E-state index in [1.807, 2.05) is 49.7 Å². The quantitative estimate of drug-likeness (QED) is 0.432. The number of rotatable bonds is 8. The van der Waals surface area contributed by atoms with Gasteiger partial charge in [-0.2, -0.15) is 0 Å². The maximum Gasteiger partial charge on any atom is 0.239 e. The molecule has 1 aromatic carbocycles. The zero-order valence-corrected chi connectivity index (χ0v) is 19.7. The van der Waals surface area contributed by atoms with Gasteiger partial charge in [-0.3, -0.25) is 4.68 Å². The van der Waals surface area contributed by atoms with Gasteiger partial charge < -0.3 is 39.4 Å². The Morgan fingerprint density at radius 2 is 1.82 bits per heavy atom. The number of aromatic nitrogens is 2. The first-order chi connectivity index (χ1) is 16.3. The number of aliphatic hydroxyl groups is 4. The average molecular weight is 479 g/mol. The molecule has 0 bridgehead atoms. The van der Waals surface area contributed by atoms with Crippen LogP contribution in [0.15, 0.2) is 24.3 Å². The van der Waals surface area contributed by atoms with E-state index in [4.69, 9.17) is 18.9 Å². The minimum atomic E-state index is -1.52. The molecular formula is C24H34N2O8. The maximum atomic E-state index is 10.4. The molecule has 10 nitrogen and oxygen atoms in total. The van der Waals surface area contributed by atoms with E-state index in [0.29, 0.717) is 13.0 Å². The van der Waals surface area contributed by atoms with Crippen molar-refractivity contribution in [3.05, 3.63) is 41.1 Å². The van der Waals surface area contributed by atoms with Crippen molar-refractivity contribution in [2.45, 2.75) is 76.5 Å². The third kappa shape index (κ3) is 5.22. The van der Waals surface area contributed by atoms with Crippen molar-refractivity contribution < 1.29 is 39.4 Å². The zero-order chi connectivity index (χ0) is 24.4. The smallest absolute Gasteiger partial charge is 0.239 e. The summed E-state index contributed by atoms with van der Waals surface area (Å²) in [6.45, 7) is 6.74. The van der Waals surface area contributed by atoms with E-state index >= 15 is 0 Å². The molecule has 0 radical (unpaired) electrons. The molecule has 1 aromatic heterocycles. The maximum absolute atomic E-state index is 10.4. The highest BCUT2D eigenvalue weighted by Gasteiger charge is 2.45. The molecule has 2 aliphatic heterocycles. The molecule has 0 saturated carbocycles. The van der Waals surface area contributed by atoms with Gasteiger partial charge in [0.2, 0.25) is 12.2 Å². The molecule has 2 fully saturated rings. The summed E-state index contributed by atoms with van der Waals surface area (Å²) in [4.78, 5) is 0. The second kappa shape index (κ2) is 10.6. The molecule has 10 heteroatoms. The Kier molecular flexibility index (Phi) is 7.76. The summed E-state index contributed by atoms with van der Waals surface area (Å²) in [6, 6.07) is 7.88. The summed E-state index contributed by atoms with van der Waals surface area (Å²) in [6.07, 6.45) is -5.36. The van der Waals surface area contributed by atoms with Gasteiger partial charge in [-0.1, -0.05) is 12.1 Å². The van der Waals surface area contributed by atoms with Crippen LogP contribution in [-0.4, -0.2) is 86.8 Å². The Labute approximate surface area is 198 Å². The molecule has 4 rings (SSSR count). The summed E-state index contributed by atoms with van der Waals surface area (Å²) in [5.41, 5.74) is 2.72. The lowest BCUT2D eigenvalue weighted by molar-refractivity contribution is -0.278. The van der Waals surface area contributed by atoms with Gasteiger partial charge in [0.1, 0.15) is 36.3 Å². The lowest BCUT2D eigenvalue weighted by atomic mass is 9.99. The summed E-state index contributed by atoms with van der Waals surface area (Å²) in [5, 5.41) is 44.6. The van der Waals surface area contributed by atoms with E-state index in [0.717, 1.165) is 35.6 Å². The van der Waals surface area contributed by atoms with Gasteiger partial charge in [0.05, 0.1) is 19.8 Å². The van der Waals surface area contributed by atoms with E-state index in [2.05, 4.69) is 5.10 Å². The van der Waals surface area contributed by atoms with Crippen molar-refractivity contribution >= 4 is 0 Å². The fourth-order valence-electron chi connectivity index (χ4n) is 4.29. The van der Waals surface area contributed by atoms with Crippen LogP contribution in [0.4, 0.5) is 0 Å². The van der Waals surface area contributed by atoms with Gasteiger partial charge in [-0.15, -0.1) is 5.10 Å². The standard InChI is InChI=1S/C24H34N2O8/c1-13(2)26-14(3)18(10-15-4-6-16(7-5-15)32-17-8-9-31-12-17)23(25-26)34-24-22(30)21(29)20(28)19(11-27)33-24/h4-7,13,17,19-22,24,27-30H,8-12H2,1-3H3/t17-,19+,20+,21-,22+,24-/m0/s1.